The number of hydrogen-bond acceptors (Lipinski definition) is 7. The number of aromatic nitrogens is 2. The minimum Gasteiger partial charge on any atom is -0.283 e. The molecule has 0 bridgehead atoms. The van der Waals surface area contributed by atoms with Crippen molar-refractivity contribution in [3.05, 3.63) is 70.3 Å². The van der Waals surface area contributed by atoms with Crippen LogP contribution in [-0.2, 0) is 21.4 Å². The number of hydrogen-bond donors (Lipinski definition) is 0. The average molecular weight is 547 g/mol. The van der Waals surface area contributed by atoms with E-state index < -0.39 is 10.0 Å². The molecule has 11 heteroatoms. The topological polar surface area (TPSA) is 83.5 Å². The lowest BCUT2D eigenvalue weighted by molar-refractivity contribution is -0.123. The van der Waals surface area contributed by atoms with Crippen molar-refractivity contribution < 1.29 is 13.2 Å². The van der Waals surface area contributed by atoms with Crippen LogP contribution in [-0.4, -0.2) is 41.7 Å². The maximum Gasteiger partial charge on any atom is 0.252 e. The van der Waals surface area contributed by atoms with Gasteiger partial charge in [0.05, 0.1) is 16.8 Å². The quantitative estimate of drug-likeness (QED) is 0.325. The van der Waals surface area contributed by atoms with Crippen LogP contribution in [0.5, 0.6) is 0 Å². The number of thiazole rings is 1. The largest absolute Gasteiger partial charge is 0.283 e. The van der Waals surface area contributed by atoms with E-state index in [1.807, 2.05) is 31.2 Å². The van der Waals surface area contributed by atoms with Crippen LogP contribution in [0.25, 0.3) is 10.2 Å². The molecule has 1 amide bonds. The van der Waals surface area contributed by atoms with E-state index in [4.69, 9.17) is 16.6 Å². The summed E-state index contributed by atoms with van der Waals surface area (Å²) >= 11 is 8.96. The molecule has 0 radical (unpaired) electrons. The van der Waals surface area contributed by atoms with Crippen molar-refractivity contribution in [2.75, 3.05) is 18.0 Å². The van der Waals surface area contributed by atoms with E-state index >= 15 is 0 Å². The first-order valence-electron chi connectivity index (χ1n) is 11.1. The molecule has 4 heterocycles. The number of benzene rings is 1. The molecular weight excluding hydrogens is 524 g/mol. The first kappa shape index (κ1) is 24.3. The molecule has 0 unspecified atom stereocenters. The van der Waals surface area contributed by atoms with Crippen molar-refractivity contribution in [1.82, 2.24) is 14.3 Å². The van der Waals surface area contributed by atoms with E-state index in [1.165, 1.54) is 27.0 Å². The molecule has 0 N–H and O–H groups in total. The number of sulfonamides is 1. The third-order valence-electron chi connectivity index (χ3n) is 6.19. The van der Waals surface area contributed by atoms with Gasteiger partial charge in [0.2, 0.25) is 5.91 Å². The zero-order valence-electron chi connectivity index (χ0n) is 18.9. The number of amides is 1. The van der Waals surface area contributed by atoms with Gasteiger partial charge < -0.3 is 0 Å². The predicted octanol–water partition coefficient (Wildman–Crippen LogP) is 5.35. The number of aryl methyl sites for hydroxylation is 1. The Hall–Kier alpha value is -2.37. The highest BCUT2D eigenvalue weighted by Gasteiger charge is 2.35. The number of anilines is 1. The second-order valence-electron chi connectivity index (χ2n) is 8.41. The fourth-order valence-electron chi connectivity index (χ4n) is 4.22. The molecule has 1 fully saturated rings. The Bertz CT molecular complexity index is 1450. The van der Waals surface area contributed by atoms with Gasteiger partial charge in [-0.1, -0.05) is 35.1 Å². The lowest BCUT2D eigenvalue weighted by Crippen LogP contribution is -2.44. The van der Waals surface area contributed by atoms with Crippen LogP contribution in [0, 0.1) is 12.8 Å². The Balaban J connectivity index is 1.40. The molecule has 182 valence electrons. The molecule has 1 aliphatic heterocycles. The van der Waals surface area contributed by atoms with E-state index in [9.17, 15) is 13.2 Å². The summed E-state index contributed by atoms with van der Waals surface area (Å²) in [7, 11) is -3.52. The molecular formula is C24H23ClN4O3S3. The summed E-state index contributed by atoms with van der Waals surface area (Å²) in [6.07, 6.45) is 4.36. The predicted molar refractivity (Wildman–Crippen MR) is 141 cm³/mol. The zero-order chi connectivity index (χ0) is 24.6. The number of carbonyl (C=O) groups excluding carboxylic acids is 1. The smallest absolute Gasteiger partial charge is 0.252 e. The van der Waals surface area contributed by atoms with Crippen molar-refractivity contribution in [1.29, 1.82) is 0 Å². The van der Waals surface area contributed by atoms with Gasteiger partial charge in [0, 0.05) is 36.4 Å². The first-order valence-corrected chi connectivity index (χ1v) is 14.7. The molecule has 5 rings (SSSR count). The number of rotatable bonds is 6. The molecule has 3 aromatic heterocycles. The highest BCUT2D eigenvalue weighted by molar-refractivity contribution is 7.91. The minimum absolute atomic E-state index is 0.0511. The Morgan fingerprint density at radius 2 is 2.00 bits per heavy atom. The molecule has 0 saturated carbocycles. The summed E-state index contributed by atoms with van der Waals surface area (Å²) in [4.78, 5) is 24.5. The lowest BCUT2D eigenvalue weighted by atomic mass is 9.96. The Kier molecular flexibility index (Phi) is 6.91. The van der Waals surface area contributed by atoms with Gasteiger partial charge in [0.15, 0.2) is 5.13 Å². The molecule has 1 aromatic carbocycles. The molecule has 0 spiro atoms. The van der Waals surface area contributed by atoms with Gasteiger partial charge in [0.25, 0.3) is 10.0 Å². The Morgan fingerprint density at radius 1 is 1.20 bits per heavy atom. The summed E-state index contributed by atoms with van der Waals surface area (Å²) in [5, 5.41) is 3.00. The van der Waals surface area contributed by atoms with Crippen LogP contribution in [0.1, 0.15) is 24.0 Å². The third kappa shape index (κ3) is 4.85. The average Bonchev–Trinajstić information content (AvgIpc) is 3.57. The van der Waals surface area contributed by atoms with Crippen molar-refractivity contribution in [3.63, 3.8) is 0 Å². The molecule has 1 aliphatic rings. The number of nitrogens with zero attached hydrogens (tertiary/aromatic N) is 4. The van der Waals surface area contributed by atoms with Gasteiger partial charge in [0.1, 0.15) is 4.21 Å². The maximum atomic E-state index is 13.8. The van der Waals surface area contributed by atoms with Crippen LogP contribution in [0.2, 0.25) is 5.02 Å². The molecule has 4 aromatic rings. The van der Waals surface area contributed by atoms with E-state index in [-0.39, 0.29) is 11.8 Å². The second-order valence-corrected chi connectivity index (χ2v) is 12.9. The highest BCUT2D eigenvalue weighted by Crippen LogP contribution is 2.36. The molecule has 1 saturated heterocycles. The first-order chi connectivity index (χ1) is 16.8. The lowest BCUT2D eigenvalue weighted by Gasteiger charge is -2.32. The van der Waals surface area contributed by atoms with E-state index in [0.717, 1.165) is 21.3 Å². The van der Waals surface area contributed by atoms with Crippen LogP contribution >= 0.6 is 34.3 Å². The SMILES string of the molecule is Cc1c(Cl)ccc2sc(N(Cc3cccnc3)C(=O)C3CCN(S(=O)(=O)c4cccs4)CC3)nc12. The van der Waals surface area contributed by atoms with Crippen LogP contribution in [0.15, 0.2) is 58.4 Å². The van der Waals surface area contributed by atoms with E-state index in [0.29, 0.717) is 46.8 Å². The summed E-state index contributed by atoms with van der Waals surface area (Å²) < 4.78 is 28.6. The van der Waals surface area contributed by atoms with Crippen LogP contribution < -0.4 is 4.90 Å². The number of carbonyl (C=O) groups is 1. The molecule has 7 nitrogen and oxygen atoms in total. The van der Waals surface area contributed by atoms with Crippen molar-refractivity contribution in [3.8, 4) is 0 Å². The van der Waals surface area contributed by atoms with Gasteiger partial charge in [-0.05, 0) is 60.5 Å². The number of piperidine rings is 1. The van der Waals surface area contributed by atoms with Gasteiger partial charge in [-0.25, -0.2) is 13.4 Å². The maximum absolute atomic E-state index is 13.8. The molecule has 0 atom stereocenters. The Labute approximate surface area is 217 Å². The molecule has 0 aliphatic carbocycles. The van der Waals surface area contributed by atoms with Crippen molar-refractivity contribution in [2.45, 2.75) is 30.5 Å². The van der Waals surface area contributed by atoms with Gasteiger partial charge in [-0.3, -0.25) is 14.7 Å². The number of fused-ring (bicyclic) bond motifs is 1. The number of pyridine rings is 1. The van der Waals surface area contributed by atoms with Crippen LogP contribution in [0.3, 0.4) is 0 Å². The van der Waals surface area contributed by atoms with Gasteiger partial charge in [-0.2, -0.15) is 4.31 Å². The Morgan fingerprint density at radius 3 is 2.69 bits per heavy atom. The number of thiophene rings is 1. The van der Waals surface area contributed by atoms with Gasteiger partial charge >= 0.3 is 0 Å². The minimum atomic E-state index is -3.52. The fraction of sp³-hybridized carbons (Fsp3) is 0.292. The summed E-state index contributed by atoms with van der Waals surface area (Å²) in [5.74, 6) is -0.344. The molecule has 35 heavy (non-hydrogen) atoms. The second kappa shape index (κ2) is 9.94. The monoisotopic (exact) mass is 546 g/mol. The summed E-state index contributed by atoms with van der Waals surface area (Å²) in [5.41, 5.74) is 2.57. The standard InChI is InChI=1S/C24H23ClN4O3S3/c1-16-19(25)6-7-20-22(16)27-24(34-20)29(15-17-4-2-10-26-14-17)23(30)18-8-11-28(12-9-18)35(31,32)21-5-3-13-33-21/h2-7,10,13-14,18H,8-9,11-12,15H2,1H3. The third-order valence-corrected chi connectivity index (χ3v) is 10.9. The summed E-state index contributed by atoms with van der Waals surface area (Å²) in [6, 6.07) is 10.9. The van der Waals surface area contributed by atoms with E-state index in [1.54, 1.807) is 34.8 Å². The van der Waals surface area contributed by atoms with Crippen LogP contribution in [0.4, 0.5) is 5.13 Å². The van der Waals surface area contributed by atoms with Gasteiger partial charge in [-0.15, -0.1) is 11.3 Å². The van der Waals surface area contributed by atoms with Crippen molar-refractivity contribution in [2.24, 2.45) is 5.92 Å². The highest BCUT2D eigenvalue weighted by atomic mass is 35.5. The summed E-state index contributed by atoms with van der Waals surface area (Å²) in [6.45, 7) is 2.88. The normalized spacial score (nSPS) is 15.5. The fourth-order valence-corrected chi connectivity index (χ4v) is 8.02. The zero-order valence-corrected chi connectivity index (χ0v) is 22.1. The number of halogens is 1. The van der Waals surface area contributed by atoms with Crippen molar-refractivity contribution >= 4 is 65.6 Å². The van der Waals surface area contributed by atoms with E-state index in [2.05, 4.69) is 4.98 Å².